The number of sulfonamides is 1. The third-order valence-electron chi connectivity index (χ3n) is 4.20. The van der Waals surface area contributed by atoms with Crippen LogP contribution in [0.25, 0.3) is 0 Å². The first-order valence-corrected chi connectivity index (χ1v) is 10.6. The van der Waals surface area contributed by atoms with Crippen molar-refractivity contribution in [3.8, 4) is 0 Å². The SMILES string of the molecule is CCN(CC)S(=O)(=O)c1ccc(C)c(NC(=O)CNc2ccc(Cl)cc2F)c1. The lowest BCUT2D eigenvalue weighted by Crippen LogP contribution is -2.30. The number of hydrogen-bond donors (Lipinski definition) is 2. The fourth-order valence-electron chi connectivity index (χ4n) is 2.61. The molecule has 0 aliphatic rings. The van der Waals surface area contributed by atoms with Crippen molar-refractivity contribution in [1.82, 2.24) is 4.31 Å². The van der Waals surface area contributed by atoms with Crippen LogP contribution in [0.2, 0.25) is 5.02 Å². The summed E-state index contributed by atoms with van der Waals surface area (Å²) in [5.41, 5.74) is 1.25. The second-order valence-corrected chi connectivity index (χ2v) is 8.47. The van der Waals surface area contributed by atoms with Crippen LogP contribution >= 0.6 is 11.6 Å². The molecular weight excluding hydrogens is 405 g/mol. The molecule has 0 saturated carbocycles. The van der Waals surface area contributed by atoms with Crippen LogP contribution in [0.5, 0.6) is 0 Å². The van der Waals surface area contributed by atoms with Crippen molar-refractivity contribution in [3.05, 3.63) is 52.8 Å². The molecule has 152 valence electrons. The fraction of sp³-hybridized carbons (Fsp3) is 0.316. The average molecular weight is 428 g/mol. The summed E-state index contributed by atoms with van der Waals surface area (Å²) < 4.78 is 40.4. The lowest BCUT2D eigenvalue weighted by molar-refractivity contribution is -0.114. The van der Waals surface area contributed by atoms with Crippen molar-refractivity contribution >= 4 is 38.9 Å². The van der Waals surface area contributed by atoms with Crippen molar-refractivity contribution in [1.29, 1.82) is 0 Å². The Balaban J connectivity index is 2.14. The highest BCUT2D eigenvalue weighted by atomic mass is 35.5. The number of nitrogens with one attached hydrogen (secondary N) is 2. The van der Waals surface area contributed by atoms with Gasteiger partial charge in [-0.15, -0.1) is 0 Å². The second-order valence-electron chi connectivity index (χ2n) is 6.09. The zero-order chi connectivity index (χ0) is 20.9. The Morgan fingerprint density at radius 1 is 1.11 bits per heavy atom. The Labute approximate surface area is 169 Å². The quantitative estimate of drug-likeness (QED) is 0.670. The molecular formula is C19H23ClFN3O3S. The molecule has 0 radical (unpaired) electrons. The predicted molar refractivity (Wildman–Crippen MR) is 110 cm³/mol. The molecule has 0 heterocycles. The summed E-state index contributed by atoms with van der Waals surface area (Å²) in [6.07, 6.45) is 0. The van der Waals surface area contributed by atoms with Crippen molar-refractivity contribution < 1.29 is 17.6 Å². The summed E-state index contributed by atoms with van der Waals surface area (Å²) in [4.78, 5) is 12.3. The minimum absolute atomic E-state index is 0.105. The van der Waals surface area contributed by atoms with E-state index in [2.05, 4.69) is 10.6 Å². The number of benzene rings is 2. The minimum Gasteiger partial charge on any atom is -0.374 e. The molecule has 28 heavy (non-hydrogen) atoms. The van der Waals surface area contributed by atoms with E-state index < -0.39 is 21.7 Å². The Hall–Kier alpha value is -2.16. The molecule has 6 nitrogen and oxygen atoms in total. The van der Waals surface area contributed by atoms with Crippen LogP contribution in [-0.4, -0.2) is 38.3 Å². The van der Waals surface area contributed by atoms with Crippen molar-refractivity contribution in [2.45, 2.75) is 25.7 Å². The van der Waals surface area contributed by atoms with E-state index in [-0.39, 0.29) is 22.2 Å². The number of rotatable bonds is 8. The largest absolute Gasteiger partial charge is 0.374 e. The van der Waals surface area contributed by atoms with Crippen LogP contribution in [0, 0.1) is 12.7 Å². The highest BCUT2D eigenvalue weighted by Gasteiger charge is 2.22. The number of aryl methyl sites for hydroxylation is 1. The normalized spacial score (nSPS) is 11.5. The third kappa shape index (κ3) is 5.21. The summed E-state index contributed by atoms with van der Waals surface area (Å²) in [5.74, 6) is -1.00. The molecule has 0 atom stereocenters. The van der Waals surface area contributed by atoms with E-state index in [4.69, 9.17) is 11.6 Å². The number of hydrogen-bond acceptors (Lipinski definition) is 4. The topological polar surface area (TPSA) is 78.5 Å². The molecule has 0 bridgehead atoms. The van der Waals surface area contributed by atoms with Gasteiger partial charge in [0.15, 0.2) is 0 Å². The monoisotopic (exact) mass is 427 g/mol. The number of carbonyl (C=O) groups is 1. The maximum Gasteiger partial charge on any atom is 0.243 e. The third-order valence-corrected chi connectivity index (χ3v) is 6.48. The predicted octanol–water partition coefficient (Wildman–Crippen LogP) is 3.87. The second kappa shape index (κ2) is 9.36. The summed E-state index contributed by atoms with van der Waals surface area (Å²) in [6, 6.07) is 8.68. The number of nitrogens with zero attached hydrogens (tertiary/aromatic N) is 1. The smallest absolute Gasteiger partial charge is 0.243 e. The van der Waals surface area contributed by atoms with Gasteiger partial charge in [-0.05, 0) is 42.8 Å². The van der Waals surface area contributed by atoms with Crippen molar-refractivity contribution in [3.63, 3.8) is 0 Å². The Morgan fingerprint density at radius 3 is 2.39 bits per heavy atom. The van der Waals surface area contributed by atoms with Gasteiger partial charge in [-0.25, -0.2) is 12.8 Å². The van der Waals surface area contributed by atoms with E-state index in [0.717, 1.165) is 6.07 Å². The fourth-order valence-corrected chi connectivity index (χ4v) is 4.26. The Kier molecular flexibility index (Phi) is 7.40. The summed E-state index contributed by atoms with van der Waals surface area (Å²) in [5, 5.41) is 5.61. The van der Waals surface area contributed by atoms with Gasteiger partial charge in [0.25, 0.3) is 0 Å². The molecule has 0 aliphatic heterocycles. The van der Waals surface area contributed by atoms with Crippen LogP contribution in [0.1, 0.15) is 19.4 Å². The van der Waals surface area contributed by atoms with Crippen molar-refractivity contribution in [2.24, 2.45) is 0 Å². The zero-order valence-corrected chi connectivity index (χ0v) is 17.5. The maximum absolute atomic E-state index is 13.8. The van der Waals surface area contributed by atoms with Gasteiger partial charge in [0.05, 0.1) is 17.1 Å². The van der Waals surface area contributed by atoms with Gasteiger partial charge < -0.3 is 10.6 Å². The van der Waals surface area contributed by atoms with E-state index in [1.165, 1.54) is 28.6 Å². The highest BCUT2D eigenvalue weighted by molar-refractivity contribution is 7.89. The standard InChI is InChI=1S/C19H23ClFN3O3S/c1-4-24(5-2)28(26,27)15-8-6-13(3)18(11-15)23-19(25)12-22-17-9-7-14(20)10-16(17)21/h6-11,22H,4-5,12H2,1-3H3,(H,23,25). The van der Waals surface area contributed by atoms with Gasteiger partial charge in [-0.1, -0.05) is 31.5 Å². The molecule has 0 unspecified atom stereocenters. The van der Waals surface area contributed by atoms with Gasteiger partial charge in [-0.3, -0.25) is 4.79 Å². The summed E-state index contributed by atoms with van der Waals surface area (Å²) >= 11 is 5.70. The number of halogens is 2. The van der Waals surface area contributed by atoms with E-state index in [0.29, 0.717) is 24.3 Å². The molecule has 1 amide bonds. The molecule has 0 fully saturated rings. The van der Waals surface area contributed by atoms with E-state index >= 15 is 0 Å². The number of amides is 1. The van der Waals surface area contributed by atoms with Crippen LogP contribution in [0.15, 0.2) is 41.3 Å². The van der Waals surface area contributed by atoms with Gasteiger partial charge in [-0.2, -0.15) is 4.31 Å². The molecule has 2 aromatic carbocycles. The van der Waals surface area contributed by atoms with Crippen LogP contribution in [0.3, 0.4) is 0 Å². The summed E-state index contributed by atoms with van der Waals surface area (Å²) in [6.45, 7) is 5.80. The Morgan fingerprint density at radius 2 is 1.79 bits per heavy atom. The molecule has 0 spiro atoms. The minimum atomic E-state index is -3.64. The molecule has 2 rings (SSSR count). The molecule has 2 N–H and O–H groups in total. The van der Waals surface area contributed by atoms with E-state index in [1.807, 2.05) is 0 Å². The van der Waals surface area contributed by atoms with E-state index in [9.17, 15) is 17.6 Å². The number of anilines is 2. The highest BCUT2D eigenvalue weighted by Crippen LogP contribution is 2.23. The van der Waals surface area contributed by atoms with Gasteiger partial charge in [0.1, 0.15) is 5.82 Å². The molecule has 0 aliphatic carbocycles. The Bertz CT molecular complexity index is 963. The first-order valence-electron chi connectivity index (χ1n) is 8.78. The molecule has 2 aromatic rings. The molecule has 9 heteroatoms. The van der Waals surface area contributed by atoms with Crippen LogP contribution < -0.4 is 10.6 Å². The van der Waals surface area contributed by atoms with E-state index in [1.54, 1.807) is 26.8 Å². The average Bonchev–Trinajstić information content (AvgIpc) is 2.63. The van der Waals surface area contributed by atoms with Crippen LogP contribution in [-0.2, 0) is 14.8 Å². The van der Waals surface area contributed by atoms with Gasteiger partial charge in [0, 0.05) is 23.8 Å². The number of carbonyl (C=O) groups excluding carboxylic acids is 1. The lowest BCUT2D eigenvalue weighted by atomic mass is 10.2. The first kappa shape index (κ1) is 22.1. The van der Waals surface area contributed by atoms with Crippen LogP contribution in [0.4, 0.5) is 15.8 Å². The molecule has 0 aromatic heterocycles. The van der Waals surface area contributed by atoms with Gasteiger partial charge in [0.2, 0.25) is 15.9 Å². The van der Waals surface area contributed by atoms with Crippen molar-refractivity contribution in [2.75, 3.05) is 30.3 Å². The zero-order valence-electron chi connectivity index (χ0n) is 15.9. The summed E-state index contributed by atoms with van der Waals surface area (Å²) in [7, 11) is -3.64. The lowest BCUT2D eigenvalue weighted by Gasteiger charge is -2.19. The van der Waals surface area contributed by atoms with Gasteiger partial charge >= 0.3 is 0 Å². The first-order chi connectivity index (χ1) is 13.2. The molecule has 0 saturated heterocycles. The maximum atomic E-state index is 13.8.